The molecule has 1 atom stereocenters. The number of rotatable bonds is 51. The van der Waals surface area contributed by atoms with Gasteiger partial charge in [-0.1, -0.05) is 251 Å². The highest BCUT2D eigenvalue weighted by Crippen LogP contribution is 2.09. The number of aliphatic hydroxyl groups is 1. The summed E-state index contributed by atoms with van der Waals surface area (Å²) in [5.41, 5.74) is 0. The fraction of sp³-hybridized carbons (Fsp3) is 0.452. The van der Waals surface area contributed by atoms with Crippen LogP contribution in [0.2, 0.25) is 0 Å². The van der Waals surface area contributed by atoms with E-state index in [-0.39, 0.29) is 31.6 Å². The summed E-state index contributed by atoms with van der Waals surface area (Å²) in [5, 5.41) is 9.66. The minimum absolute atomic E-state index is 0.121. The summed E-state index contributed by atoms with van der Waals surface area (Å²) in [7, 11) is 0. The molecule has 5 heteroatoms. The molecule has 0 rings (SSSR count). The Morgan fingerprint density at radius 3 is 0.769 bits per heavy atom. The molecule has 0 saturated carbocycles. The summed E-state index contributed by atoms with van der Waals surface area (Å²) in [6.07, 6.45) is 109. The third-order valence-corrected chi connectivity index (χ3v) is 11.5. The standard InChI is InChI=1S/C73H106O5/c1-3-5-7-9-11-13-15-17-19-21-23-25-27-29-31-32-33-34-35-36-37-38-39-40-42-44-46-48-50-52-54-56-58-60-62-64-66-68-73(76)78-71(69-74)70-77-72(75)67-65-63-61-59-57-55-53-51-49-47-45-43-41-30-28-26-24-22-20-18-16-14-12-10-8-6-4-2/h5-8,11-14,17-20,23-26,29-31,33-34,36-37,39-41,44-47,50-53,56-59,71,74H,3-4,9-10,15-16,21-22,27-28,32,35,38,42-43,48-49,54-55,60-70H2,1-2H3/b7-5-,8-6-,13-11-,14-12-,19-17-,20-18-,25-23-,26-24-,31-29-,34-33-,37-36-,40-39-,41-30-,46-44-,47-45-,52-50-,53-51-,58-56-,59-57-. The van der Waals surface area contributed by atoms with Crippen molar-refractivity contribution in [3.05, 3.63) is 231 Å². The fourth-order valence-electron chi connectivity index (χ4n) is 7.04. The highest BCUT2D eigenvalue weighted by atomic mass is 16.6. The third kappa shape index (κ3) is 62.5. The average Bonchev–Trinajstić information content (AvgIpc) is 3.44. The lowest BCUT2D eigenvalue weighted by Crippen LogP contribution is -2.28. The minimum Gasteiger partial charge on any atom is -0.462 e. The fourth-order valence-corrected chi connectivity index (χ4v) is 7.04. The largest absolute Gasteiger partial charge is 0.462 e. The summed E-state index contributed by atoms with van der Waals surface area (Å²) in [6, 6.07) is 0. The summed E-state index contributed by atoms with van der Waals surface area (Å²) >= 11 is 0. The van der Waals surface area contributed by atoms with Crippen molar-refractivity contribution >= 4 is 11.9 Å². The Morgan fingerprint density at radius 2 is 0.513 bits per heavy atom. The normalized spacial score (nSPS) is 13.9. The predicted octanol–water partition coefficient (Wildman–Crippen LogP) is 21.0. The molecular formula is C73H106O5. The summed E-state index contributed by atoms with van der Waals surface area (Å²) in [5.74, 6) is -0.704. The van der Waals surface area contributed by atoms with Gasteiger partial charge < -0.3 is 14.6 Å². The molecule has 78 heavy (non-hydrogen) atoms. The van der Waals surface area contributed by atoms with Crippen molar-refractivity contribution in [3.8, 4) is 0 Å². The van der Waals surface area contributed by atoms with Gasteiger partial charge in [0.1, 0.15) is 6.61 Å². The molecule has 0 aliphatic carbocycles. The molecule has 1 unspecified atom stereocenters. The van der Waals surface area contributed by atoms with Gasteiger partial charge in [-0.25, -0.2) is 0 Å². The van der Waals surface area contributed by atoms with E-state index in [0.717, 1.165) is 167 Å². The molecule has 5 nitrogen and oxygen atoms in total. The lowest BCUT2D eigenvalue weighted by molar-refractivity contribution is -0.161. The second kappa shape index (κ2) is 65.2. The number of carbonyl (C=O) groups excluding carboxylic acids is 2. The number of hydrogen-bond donors (Lipinski definition) is 1. The van der Waals surface area contributed by atoms with E-state index in [1.54, 1.807) is 0 Å². The van der Waals surface area contributed by atoms with Crippen LogP contribution in [0.25, 0.3) is 0 Å². The molecule has 0 aliphatic rings. The summed E-state index contributed by atoms with van der Waals surface area (Å²) in [6.45, 7) is 3.82. The van der Waals surface area contributed by atoms with Gasteiger partial charge in [0, 0.05) is 12.8 Å². The minimum atomic E-state index is -0.830. The van der Waals surface area contributed by atoms with Crippen molar-refractivity contribution < 1.29 is 24.2 Å². The van der Waals surface area contributed by atoms with Gasteiger partial charge in [0.15, 0.2) is 6.10 Å². The Labute approximate surface area is 477 Å². The van der Waals surface area contributed by atoms with Gasteiger partial charge in [-0.15, -0.1) is 0 Å². The van der Waals surface area contributed by atoms with Crippen molar-refractivity contribution in [2.24, 2.45) is 0 Å². The molecule has 1 N–H and O–H groups in total. The van der Waals surface area contributed by atoms with Crippen LogP contribution < -0.4 is 0 Å². The Bertz CT molecular complexity index is 1970. The molecule has 0 spiro atoms. The zero-order valence-corrected chi connectivity index (χ0v) is 48.8. The quantitative estimate of drug-likeness (QED) is 0.0373. The number of hydrogen-bond acceptors (Lipinski definition) is 5. The van der Waals surface area contributed by atoms with E-state index < -0.39 is 6.10 Å². The number of unbranched alkanes of at least 4 members (excludes halogenated alkanes) is 5. The number of carbonyl (C=O) groups is 2. The van der Waals surface area contributed by atoms with E-state index >= 15 is 0 Å². The Balaban J connectivity index is 3.77. The Hall–Kier alpha value is -6.04. The van der Waals surface area contributed by atoms with Crippen molar-refractivity contribution in [2.75, 3.05) is 13.2 Å². The van der Waals surface area contributed by atoms with Crippen LogP contribution in [0.15, 0.2) is 231 Å². The van der Waals surface area contributed by atoms with Crippen molar-refractivity contribution in [1.82, 2.24) is 0 Å². The van der Waals surface area contributed by atoms with Gasteiger partial charge in [-0.2, -0.15) is 0 Å². The molecule has 428 valence electrons. The summed E-state index contributed by atoms with van der Waals surface area (Å²) in [4.78, 5) is 24.5. The Kier molecular flexibility index (Phi) is 60.2. The first-order chi connectivity index (χ1) is 38.6. The number of ether oxygens (including phenoxy) is 2. The van der Waals surface area contributed by atoms with Gasteiger partial charge in [-0.3, -0.25) is 9.59 Å². The average molecular weight is 1060 g/mol. The molecule has 0 bridgehead atoms. The molecule has 0 aromatic rings. The maximum absolute atomic E-state index is 12.3. The molecule has 0 radical (unpaired) electrons. The number of esters is 2. The zero-order valence-electron chi connectivity index (χ0n) is 48.8. The van der Waals surface area contributed by atoms with Crippen LogP contribution in [-0.4, -0.2) is 36.4 Å². The van der Waals surface area contributed by atoms with Crippen molar-refractivity contribution in [1.29, 1.82) is 0 Å². The van der Waals surface area contributed by atoms with Crippen LogP contribution >= 0.6 is 0 Å². The lowest BCUT2D eigenvalue weighted by atomic mass is 10.1. The van der Waals surface area contributed by atoms with Crippen molar-refractivity contribution in [2.45, 2.75) is 200 Å². The molecule has 0 aliphatic heterocycles. The number of allylic oxidation sites excluding steroid dienone is 38. The molecule has 0 amide bonds. The van der Waals surface area contributed by atoms with E-state index in [9.17, 15) is 14.7 Å². The van der Waals surface area contributed by atoms with E-state index in [1.807, 2.05) is 0 Å². The van der Waals surface area contributed by atoms with E-state index in [4.69, 9.17) is 9.47 Å². The zero-order chi connectivity index (χ0) is 56.2. The topological polar surface area (TPSA) is 72.8 Å². The van der Waals surface area contributed by atoms with Crippen LogP contribution in [0.3, 0.4) is 0 Å². The second-order valence-electron chi connectivity index (χ2n) is 18.6. The Morgan fingerprint density at radius 1 is 0.295 bits per heavy atom. The highest BCUT2D eigenvalue weighted by Gasteiger charge is 2.16. The van der Waals surface area contributed by atoms with E-state index in [2.05, 4.69) is 245 Å². The van der Waals surface area contributed by atoms with Gasteiger partial charge in [0.25, 0.3) is 0 Å². The molecular weight excluding hydrogens is 957 g/mol. The predicted molar refractivity (Wildman–Crippen MR) is 342 cm³/mol. The van der Waals surface area contributed by atoms with Crippen LogP contribution in [0, 0.1) is 0 Å². The first kappa shape index (κ1) is 72.0. The van der Waals surface area contributed by atoms with Gasteiger partial charge >= 0.3 is 11.9 Å². The monoisotopic (exact) mass is 1060 g/mol. The summed E-state index contributed by atoms with van der Waals surface area (Å²) < 4.78 is 10.6. The van der Waals surface area contributed by atoms with Crippen LogP contribution in [0.5, 0.6) is 0 Å². The van der Waals surface area contributed by atoms with E-state index in [0.29, 0.717) is 6.42 Å². The van der Waals surface area contributed by atoms with Crippen molar-refractivity contribution in [3.63, 3.8) is 0 Å². The van der Waals surface area contributed by atoms with Gasteiger partial charge in [0.05, 0.1) is 6.61 Å². The maximum Gasteiger partial charge on any atom is 0.306 e. The highest BCUT2D eigenvalue weighted by molar-refractivity contribution is 5.70. The van der Waals surface area contributed by atoms with Crippen LogP contribution in [-0.2, 0) is 19.1 Å². The van der Waals surface area contributed by atoms with Gasteiger partial charge in [-0.05, 0) is 161 Å². The molecule has 0 aromatic carbocycles. The second-order valence-corrected chi connectivity index (χ2v) is 18.6. The molecule has 0 saturated heterocycles. The first-order valence-corrected chi connectivity index (χ1v) is 29.9. The first-order valence-electron chi connectivity index (χ1n) is 29.9. The molecule has 0 aromatic heterocycles. The van der Waals surface area contributed by atoms with Crippen LogP contribution in [0.4, 0.5) is 0 Å². The van der Waals surface area contributed by atoms with E-state index in [1.165, 1.54) is 0 Å². The van der Waals surface area contributed by atoms with Gasteiger partial charge in [0.2, 0.25) is 0 Å². The third-order valence-electron chi connectivity index (χ3n) is 11.5. The smallest absolute Gasteiger partial charge is 0.306 e. The SMILES string of the molecule is CC/C=C\C/C=C\C/C=C\C/C=C\C/C=C\C/C=C\C/C=C\C/C=C\C/C=C\C/C=C\C/C=C\CCCCCC(=O)OC(CO)COC(=O)CCCC/C=C\C/C=C\C/C=C\C/C=C\C/C=C\C/C=C\C/C=C\C/C=C\CC. The number of aliphatic hydroxyl groups excluding tert-OH is 1. The van der Waals surface area contributed by atoms with Crippen LogP contribution in [0.1, 0.15) is 194 Å². The molecule has 0 heterocycles. The maximum atomic E-state index is 12.3. The molecule has 0 fully saturated rings. The lowest BCUT2D eigenvalue weighted by Gasteiger charge is -2.15.